The highest BCUT2D eigenvalue weighted by atomic mass is 16.5. The molecular formula is C11H16N2O2. The normalized spacial score (nSPS) is 10.6. The van der Waals surface area contributed by atoms with Gasteiger partial charge in [-0.15, -0.1) is 0 Å². The summed E-state index contributed by atoms with van der Waals surface area (Å²) in [6.45, 7) is 2.40. The molecule has 0 aromatic heterocycles. The average Bonchev–Trinajstić information content (AvgIpc) is 2.19. The lowest BCUT2D eigenvalue weighted by Gasteiger charge is -2.08. The maximum atomic E-state index is 9.80. The number of ether oxygens (including phenoxy) is 1. The summed E-state index contributed by atoms with van der Waals surface area (Å²) in [6, 6.07) is 5.33. The van der Waals surface area contributed by atoms with Crippen molar-refractivity contribution in [2.45, 2.75) is 6.92 Å². The molecule has 0 aliphatic rings. The zero-order chi connectivity index (χ0) is 11.3. The van der Waals surface area contributed by atoms with Gasteiger partial charge in [0, 0.05) is 19.7 Å². The van der Waals surface area contributed by atoms with Crippen LogP contribution in [0.4, 0.5) is 0 Å². The number of para-hydroxylation sites is 1. The number of phenolic OH excluding ortho intramolecular Hbond substituents is 1. The standard InChI is InChI=1S/C11H16N2O2/c1-4-15-10-7-5-6-9(11(10)14)8-12-13(2)3/h5-8,14H,4H2,1-3H3. The van der Waals surface area contributed by atoms with Crippen molar-refractivity contribution in [1.29, 1.82) is 0 Å². The molecule has 0 heterocycles. The highest BCUT2D eigenvalue weighted by Crippen LogP contribution is 2.28. The van der Waals surface area contributed by atoms with Gasteiger partial charge in [0.05, 0.1) is 12.8 Å². The number of hydrogen-bond donors (Lipinski definition) is 1. The quantitative estimate of drug-likeness (QED) is 0.605. The van der Waals surface area contributed by atoms with Crippen LogP contribution in [0.3, 0.4) is 0 Å². The molecule has 82 valence electrons. The van der Waals surface area contributed by atoms with Crippen molar-refractivity contribution >= 4 is 6.21 Å². The Hall–Kier alpha value is -1.71. The van der Waals surface area contributed by atoms with Gasteiger partial charge in [-0.05, 0) is 19.1 Å². The van der Waals surface area contributed by atoms with E-state index in [9.17, 15) is 5.11 Å². The van der Waals surface area contributed by atoms with Gasteiger partial charge in [-0.25, -0.2) is 0 Å². The number of rotatable bonds is 4. The zero-order valence-corrected chi connectivity index (χ0v) is 9.27. The smallest absolute Gasteiger partial charge is 0.166 e. The molecule has 1 aromatic carbocycles. The van der Waals surface area contributed by atoms with E-state index in [4.69, 9.17) is 4.74 Å². The van der Waals surface area contributed by atoms with Gasteiger partial charge in [0.15, 0.2) is 11.5 Å². The zero-order valence-electron chi connectivity index (χ0n) is 9.27. The van der Waals surface area contributed by atoms with Crippen LogP contribution >= 0.6 is 0 Å². The highest BCUT2D eigenvalue weighted by molar-refractivity contribution is 5.84. The molecule has 0 radical (unpaired) electrons. The first-order chi connectivity index (χ1) is 7.15. The molecule has 0 saturated heterocycles. The van der Waals surface area contributed by atoms with Gasteiger partial charge in [0.25, 0.3) is 0 Å². The van der Waals surface area contributed by atoms with Crippen molar-refractivity contribution in [2.24, 2.45) is 5.10 Å². The fourth-order valence-corrected chi connectivity index (χ4v) is 1.09. The predicted molar refractivity (Wildman–Crippen MR) is 60.6 cm³/mol. The molecule has 15 heavy (non-hydrogen) atoms. The van der Waals surface area contributed by atoms with E-state index in [2.05, 4.69) is 5.10 Å². The molecule has 0 aliphatic carbocycles. The molecule has 0 aliphatic heterocycles. The van der Waals surface area contributed by atoms with Gasteiger partial charge >= 0.3 is 0 Å². The second-order valence-electron chi connectivity index (χ2n) is 3.22. The van der Waals surface area contributed by atoms with Crippen molar-refractivity contribution in [2.75, 3.05) is 20.7 Å². The Morgan fingerprint density at radius 2 is 2.20 bits per heavy atom. The van der Waals surface area contributed by atoms with Gasteiger partial charge in [-0.1, -0.05) is 6.07 Å². The minimum absolute atomic E-state index is 0.130. The Labute approximate surface area is 89.8 Å². The van der Waals surface area contributed by atoms with Crippen molar-refractivity contribution in [3.63, 3.8) is 0 Å². The topological polar surface area (TPSA) is 45.1 Å². The van der Waals surface area contributed by atoms with E-state index in [-0.39, 0.29) is 5.75 Å². The van der Waals surface area contributed by atoms with E-state index in [1.807, 2.05) is 27.1 Å². The van der Waals surface area contributed by atoms with Gasteiger partial charge < -0.3 is 14.9 Å². The van der Waals surface area contributed by atoms with Crippen LogP contribution in [0, 0.1) is 0 Å². The van der Waals surface area contributed by atoms with Crippen molar-refractivity contribution in [3.05, 3.63) is 23.8 Å². The molecule has 1 rings (SSSR count). The number of hydrogen-bond acceptors (Lipinski definition) is 4. The van der Waals surface area contributed by atoms with Gasteiger partial charge in [-0.3, -0.25) is 0 Å². The molecule has 0 bridgehead atoms. The summed E-state index contributed by atoms with van der Waals surface area (Å²) < 4.78 is 5.26. The Morgan fingerprint density at radius 3 is 2.80 bits per heavy atom. The first-order valence-electron chi connectivity index (χ1n) is 4.81. The van der Waals surface area contributed by atoms with E-state index in [1.54, 1.807) is 23.4 Å². The van der Waals surface area contributed by atoms with Crippen LogP contribution in [0.25, 0.3) is 0 Å². The minimum atomic E-state index is 0.130. The lowest BCUT2D eigenvalue weighted by Crippen LogP contribution is -2.02. The van der Waals surface area contributed by atoms with Gasteiger partial charge in [-0.2, -0.15) is 5.10 Å². The monoisotopic (exact) mass is 208 g/mol. The summed E-state index contributed by atoms with van der Waals surface area (Å²) in [4.78, 5) is 0. The lowest BCUT2D eigenvalue weighted by molar-refractivity contribution is 0.318. The third kappa shape index (κ3) is 3.16. The molecule has 0 unspecified atom stereocenters. The molecule has 4 heteroatoms. The van der Waals surface area contributed by atoms with E-state index in [0.717, 1.165) is 0 Å². The Morgan fingerprint density at radius 1 is 1.47 bits per heavy atom. The summed E-state index contributed by atoms with van der Waals surface area (Å²) in [7, 11) is 3.64. The molecule has 0 fully saturated rings. The summed E-state index contributed by atoms with van der Waals surface area (Å²) in [6.07, 6.45) is 1.60. The Kier molecular flexibility index (Phi) is 3.97. The highest BCUT2D eigenvalue weighted by Gasteiger charge is 2.05. The molecule has 0 amide bonds. The molecule has 1 aromatic rings. The first-order valence-corrected chi connectivity index (χ1v) is 4.81. The molecule has 0 atom stereocenters. The van der Waals surface area contributed by atoms with E-state index >= 15 is 0 Å². The summed E-state index contributed by atoms with van der Waals surface area (Å²) in [5.41, 5.74) is 0.648. The van der Waals surface area contributed by atoms with Crippen molar-refractivity contribution < 1.29 is 9.84 Å². The van der Waals surface area contributed by atoms with Crippen molar-refractivity contribution in [1.82, 2.24) is 5.01 Å². The van der Waals surface area contributed by atoms with Crippen LogP contribution in [0.5, 0.6) is 11.5 Å². The lowest BCUT2D eigenvalue weighted by atomic mass is 10.2. The minimum Gasteiger partial charge on any atom is -0.504 e. The van der Waals surface area contributed by atoms with Gasteiger partial charge in [0.2, 0.25) is 0 Å². The number of aromatic hydroxyl groups is 1. The molecule has 0 saturated carbocycles. The van der Waals surface area contributed by atoms with Crippen LogP contribution < -0.4 is 4.74 Å². The van der Waals surface area contributed by atoms with Crippen LogP contribution in [0.1, 0.15) is 12.5 Å². The van der Waals surface area contributed by atoms with E-state index in [1.165, 1.54) is 0 Å². The molecule has 4 nitrogen and oxygen atoms in total. The number of hydrazone groups is 1. The Balaban J connectivity index is 2.94. The maximum absolute atomic E-state index is 9.80. The third-order valence-electron chi connectivity index (χ3n) is 1.76. The average molecular weight is 208 g/mol. The SMILES string of the molecule is CCOc1cccc(C=NN(C)C)c1O. The fraction of sp³-hybridized carbons (Fsp3) is 0.364. The van der Waals surface area contributed by atoms with Crippen LogP contribution in [0.2, 0.25) is 0 Å². The summed E-state index contributed by atoms with van der Waals surface area (Å²) in [5.74, 6) is 0.616. The largest absolute Gasteiger partial charge is 0.504 e. The summed E-state index contributed by atoms with van der Waals surface area (Å²) >= 11 is 0. The van der Waals surface area contributed by atoms with Crippen LogP contribution in [0.15, 0.2) is 23.3 Å². The van der Waals surface area contributed by atoms with Crippen molar-refractivity contribution in [3.8, 4) is 11.5 Å². The number of benzene rings is 1. The Bertz CT molecular complexity index is 348. The van der Waals surface area contributed by atoms with Gasteiger partial charge in [0.1, 0.15) is 0 Å². The fourth-order valence-electron chi connectivity index (χ4n) is 1.09. The molecular weight excluding hydrogens is 192 g/mol. The van der Waals surface area contributed by atoms with E-state index < -0.39 is 0 Å². The third-order valence-corrected chi connectivity index (χ3v) is 1.76. The molecule has 1 N–H and O–H groups in total. The number of phenols is 1. The second-order valence-corrected chi connectivity index (χ2v) is 3.22. The predicted octanol–water partition coefficient (Wildman–Crippen LogP) is 1.69. The van der Waals surface area contributed by atoms with E-state index in [0.29, 0.717) is 17.9 Å². The molecule has 0 spiro atoms. The summed E-state index contributed by atoms with van der Waals surface area (Å²) in [5, 5.41) is 15.5. The van der Waals surface area contributed by atoms with Crippen LogP contribution in [-0.2, 0) is 0 Å². The number of nitrogens with zero attached hydrogens (tertiary/aromatic N) is 2. The first kappa shape index (κ1) is 11.4. The second kappa shape index (κ2) is 5.24. The maximum Gasteiger partial charge on any atom is 0.166 e. The van der Waals surface area contributed by atoms with Crippen LogP contribution in [-0.4, -0.2) is 37.0 Å².